The van der Waals surface area contributed by atoms with Crippen molar-refractivity contribution in [3.63, 3.8) is 0 Å². The molecule has 0 unspecified atom stereocenters. The van der Waals surface area contributed by atoms with Crippen LogP contribution in [-0.2, 0) is 0 Å². The van der Waals surface area contributed by atoms with E-state index in [1.54, 1.807) is 6.07 Å². The third kappa shape index (κ3) is 2.76. The lowest BCUT2D eigenvalue weighted by Gasteiger charge is -2.10. The zero-order valence-electron chi connectivity index (χ0n) is 7.14. The van der Waals surface area contributed by atoms with Gasteiger partial charge in [-0.25, -0.2) is 4.39 Å². The van der Waals surface area contributed by atoms with E-state index in [1.807, 2.05) is 22.6 Å². The average molecular weight is 400 g/mol. The molecule has 0 aliphatic carbocycles. The Kier molecular flexibility index (Phi) is 4.24. The molecule has 3 nitrogen and oxygen atoms in total. The van der Waals surface area contributed by atoms with Gasteiger partial charge in [-0.15, -0.1) is 0 Å². The number of nitriles is 1. The number of nitrogens with two attached hydrogens (primary N) is 1. The maximum absolute atomic E-state index is 13.5. The maximum Gasteiger partial charge on any atom is 0.168 e. The van der Waals surface area contributed by atoms with Crippen molar-refractivity contribution in [2.45, 2.75) is 0 Å². The summed E-state index contributed by atoms with van der Waals surface area (Å²) in [4.78, 5) is 0. The molecule has 0 saturated carbocycles. The molecule has 0 aliphatic heterocycles. The predicted octanol–water partition coefficient (Wildman–Crippen LogP) is 2.72. The van der Waals surface area contributed by atoms with Crippen molar-refractivity contribution in [1.29, 1.82) is 5.26 Å². The second-order valence-corrected chi connectivity index (χ2v) is 4.96. The minimum atomic E-state index is -0.628. The second-order valence-electron chi connectivity index (χ2n) is 2.51. The lowest BCUT2D eigenvalue weighted by Crippen LogP contribution is -2.20. The fourth-order valence-corrected chi connectivity index (χ4v) is 2.62. The van der Waals surface area contributed by atoms with Crippen molar-refractivity contribution < 1.29 is 4.39 Å². The average Bonchev–Trinajstić information content (AvgIpc) is 2.14. The fourth-order valence-electron chi connectivity index (χ4n) is 0.946. The predicted molar refractivity (Wildman–Crippen MR) is 71.9 cm³/mol. The summed E-state index contributed by atoms with van der Waals surface area (Å²) in [7, 11) is 0. The molecule has 0 aliphatic rings. The minimum absolute atomic E-state index is 0.00821. The lowest BCUT2D eigenvalue weighted by atomic mass is 10.2. The van der Waals surface area contributed by atoms with Gasteiger partial charge in [-0.05, 0) is 56.8 Å². The Bertz CT molecular complexity index is 472. The molecule has 0 atom stereocenters. The maximum atomic E-state index is 13.5. The highest BCUT2D eigenvalue weighted by molar-refractivity contribution is 14.1. The van der Waals surface area contributed by atoms with Gasteiger partial charge in [0.1, 0.15) is 11.6 Å². The van der Waals surface area contributed by atoms with Crippen molar-refractivity contribution in [2.75, 3.05) is 5.32 Å². The van der Waals surface area contributed by atoms with Crippen LogP contribution < -0.4 is 11.1 Å². The molecule has 0 saturated heterocycles. The van der Waals surface area contributed by atoms with Gasteiger partial charge in [-0.1, -0.05) is 0 Å². The molecule has 1 rings (SSSR count). The number of nitrogens with zero attached hydrogens (tertiary/aromatic N) is 1. The molecule has 0 radical (unpaired) electrons. The van der Waals surface area contributed by atoms with E-state index >= 15 is 0 Å². The Labute approximate surface area is 113 Å². The second kappa shape index (κ2) is 5.05. The molecule has 1 aromatic rings. The first-order valence-electron chi connectivity index (χ1n) is 3.61. The molecular formula is C8H4BrFIN3S. The van der Waals surface area contributed by atoms with Crippen LogP contribution in [0.5, 0.6) is 0 Å². The van der Waals surface area contributed by atoms with Crippen LogP contribution in [0.3, 0.4) is 0 Å². The summed E-state index contributed by atoms with van der Waals surface area (Å²) < 4.78 is 14.4. The van der Waals surface area contributed by atoms with Crippen LogP contribution in [0.15, 0.2) is 10.5 Å². The summed E-state index contributed by atoms with van der Waals surface area (Å²) in [5, 5.41) is 11.4. The van der Waals surface area contributed by atoms with Gasteiger partial charge in [0.05, 0.1) is 10.2 Å². The third-order valence-corrected chi connectivity index (χ3v) is 3.06. The fraction of sp³-hybridized carbons (Fsp3) is 0. The van der Waals surface area contributed by atoms with Crippen LogP contribution >= 0.6 is 50.7 Å². The highest BCUT2D eigenvalue weighted by atomic mass is 127. The Balaban J connectivity index is 3.43. The summed E-state index contributed by atoms with van der Waals surface area (Å²) in [6.45, 7) is 0. The van der Waals surface area contributed by atoms with Crippen LogP contribution in [0.2, 0.25) is 0 Å². The van der Waals surface area contributed by atoms with Crippen LogP contribution in [-0.4, -0.2) is 5.11 Å². The third-order valence-electron chi connectivity index (χ3n) is 1.53. The van der Waals surface area contributed by atoms with E-state index in [0.29, 0.717) is 9.26 Å². The quantitative estimate of drug-likeness (QED) is 0.433. The molecule has 0 heterocycles. The molecule has 78 valence electrons. The molecule has 7 heteroatoms. The van der Waals surface area contributed by atoms with E-state index in [2.05, 4.69) is 33.5 Å². The minimum Gasteiger partial charge on any atom is -0.376 e. The summed E-state index contributed by atoms with van der Waals surface area (Å²) in [5.41, 5.74) is 5.47. The van der Waals surface area contributed by atoms with Crippen LogP contribution in [0.4, 0.5) is 10.1 Å². The topological polar surface area (TPSA) is 61.8 Å². The Hall–Kier alpha value is -0.460. The number of hydrogen-bond donors (Lipinski definition) is 2. The van der Waals surface area contributed by atoms with Gasteiger partial charge in [0.15, 0.2) is 10.9 Å². The molecular weight excluding hydrogens is 396 g/mol. The summed E-state index contributed by atoms with van der Waals surface area (Å²) in [5.74, 6) is -0.628. The number of hydrogen-bond acceptors (Lipinski definition) is 2. The molecule has 3 N–H and O–H groups in total. The largest absolute Gasteiger partial charge is 0.376 e. The highest BCUT2D eigenvalue weighted by Gasteiger charge is 2.16. The standard InChI is InChI=1S/C8H4BrFIN3S/c9-4-1-5(11)7(14-8(13)15)3(2-12)6(4)10/h1H,(H3,13,14,15). The summed E-state index contributed by atoms with van der Waals surface area (Å²) in [6.07, 6.45) is 0. The molecule has 0 bridgehead atoms. The smallest absolute Gasteiger partial charge is 0.168 e. The van der Waals surface area contributed by atoms with E-state index in [9.17, 15) is 4.39 Å². The van der Waals surface area contributed by atoms with Crippen molar-refractivity contribution in [1.82, 2.24) is 0 Å². The van der Waals surface area contributed by atoms with Crippen molar-refractivity contribution in [3.8, 4) is 6.07 Å². The highest BCUT2D eigenvalue weighted by Crippen LogP contribution is 2.30. The Morgan fingerprint density at radius 3 is 2.80 bits per heavy atom. The number of rotatable bonds is 1. The van der Waals surface area contributed by atoms with E-state index in [4.69, 9.17) is 11.0 Å². The number of anilines is 1. The van der Waals surface area contributed by atoms with Gasteiger partial charge in [-0.2, -0.15) is 5.26 Å². The van der Waals surface area contributed by atoms with E-state index in [1.165, 1.54) is 6.07 Å². The normalized spacial score (nSPS) is 9.47. The van der Waals surface area contributed by atoms with Gasteiger partial charge in [0, 0.05) is 3.57 Å². The number of benzene rings is 1. The first-order chi connectivity index (χ1) is 6.97. The Morgan fingerprint density at radius 1 is 1.73 bits per heavy atom. The van der Waals surface area contributed by atoms with Crippen LogP contribution in [0.25, 0.3) is 0 Å². The SMILES string of the molecule is N#Cc1c(F)c(Br)cc(I)c1NC(N)=S. The van der Waals surface area contributed by atoms with Gasteiger partial charge in [-0.3, -0.25) is 0 Å². The van der Waals surface area contributed by atoms with Crippen molar-refractivity contribution in [2.24, 2.45) is 5.73 Å². The van der Waals surface area contributed by atoms with E-state index in [-0.39, 0.29) is 15.1 Å². The first-order valence-corrected chi connectivity index (χ1v) is 5.89. The number of thiocarbonyl (C=S) groups is 1. The molecule has 0 amide bonds. The van der Waals surface area contributed by atoms with E-state index < -0.39 is 5.82 Å². The number of nitrogens with one attached hydrogen (secondary N) is 1. The van der Waals surface area contributed by atoms with E-state index in [0.717, 1.165) is 0 Å². The molecule has 15 heavy (non-hydrogen) atoms. The zero-order valence-corrected chi connectivity index (χ0v) is 11.7. The molecule has 1 aromatic carbocycles. The van der Waals surface area contributed by atoms with Crippen LogP contribution in [0, 0.1) is 20.7 Å². The lowest BCUT2D eigenvalue weighted by molar-refractivity contribution is 0.617. The molecule has 0 fully saturated rings. The Morgan fingerprint density at radius 2 is 2.33 bits per heavy atom. The first kappa shape index (κ1) is 12.6. The molecule has 0 spiro atoms. The van der Waals surface area contributed by atoms with Crippen molar-refractivity contribution in [3.05, 3.63) is 25.5 Å². The van der Waals surface area contributed by atoms with Gasteiger partial charge >= 0.3 is 0 Å². The summed E-state index contributed by atoms with van der Waals surface area (Å²) in [6, 6.07) is 3.30. The molecule has 0 aromatic heterocycles. The van der Waals surface area contributed by atoms with Gasteiger partial charge in [0.25, 0.3) is 0 Å². The number of halogens is 3. The monoisotopic (exact) mass is 399 g/mol. The van der Waals surface area contributed by atoms with Crippen LogP contribution in [0.1, 0.15) is 5.56 Å². The van der Waals surface area contributed by atoms with Gasteiger partial charge in [0.2, 0.25) is 0 Å². The van der Waals surface area contributed by atoms with Crippen molar-refractivity contribution >= 4 is 61.5 Å². The zero-order chi connectivity index (χ0) is 11.6. The summed E-state index contributed by atoms with van der Waals surface area (Å²) >= 11 is 9.62. The van der Waals surface area contributed by atoms with Gasteiger partial charge < -0.3 is 11.1 Å².